The van der Waals surface area contributed by atoms with Gasteiger partial charge < -0.3 is 5.11 Å². The van der Waals surface area contributed by atoms with Crippen LogP contribution in [0.3, 0.4) is 0 Å². The first kappa shape index (κ1) is 11.4. The van der Waals surface area contributed by atoms with Crippen LogP contribution >= 0.6 is 11.8 Å². The van der Waals surface area contributed by atoms with Gasteiger partial charge in [-0.2, -0.15) is 0 Å². The van der Waals surface area contributed by atoms with Crippen molar-refractivity contribution in [3.8, 4) is 0 Å². The fraction of sp³-hybridized carbons (Fsp3) is 0.308. The number of pyridine rings is 1. The van der Waals surface area contributed by atoms with Crippen LogP contribution < -0.4 is 0 Å². The maximum Gasteiger partial charge on any atom is 0.0970 e. The van der Waals surface area contributed by atoms with Crippen LogP contribution in [0.4, 0.5) is 0 Å². The number of aliphatic hydroxyl groups excluding tert-OH is 1. The zero-order chi connectivity index (χ0) is 11.4. The van der Waals surface area contributed by atoms with E-state index >= 15 is 0 Å². The molecular formula is C13H15NOS. The summed E-state index contributed by atoms with van der Waals surface area (Å²) in [5.41, 5.74) is 1.03. The second kappa shape index (κ2) is 5.32. The molecule has 3 heteroatoms. The van der Waals surface area contributed by atoms with Gasteiger partial charge in [0.1, 0.15) is 0 Å². The summed E-state index contributed by atoms with van der Waals surface area (Å²) in [5, 5.41) is 11.4. The van der Waals surface area contributed by atoms with Gasteiger partial charge in [0.2, 0.25) is 0 Å². The molecule has 0 saturated carbocycles. The summed E-state index contributed by atoms with van der Waals surface area (Å²) in [7, 11) is 0. The minimum atomic E-state index is 0.238. The standard InChI is InChI=1S/C13H15NOS/c1-10(8-9-15)16-13-7-6-11-4-2-3-5-12(11)14-13/h2-7,10,15H,8-9H2,1H3. The van der Waals surface area contributed by atoms with Crippen LogP contribution in [0.5, 0.6) is 0 Å². The molecule has 1 atom stereocenters. The zero-order valence-corrected chi connectivity index (χ0v) is 10.1. The Morgan fingerprint density at radius 1 is 1.25 bits per heavy atom. The molecule has 0 bridgehead atoms. The van der Waals surface area contributed by atoms with Gasteiger partial charge in [-0.1, -0.05) is 31.2 Å². The van der Waals surface area contributed by atoms with Crippen molar-refractivity contribution in [2.75, 3.05) is 6.61 Å². The Labute approximate surface area is 99.7 Å². The third kappa shape index (κ3) is 2.74. The van der Waals surface area contributed by atoms with Gasteiger partial charge in [0, 0.05) is 17.2 Å². The zero-order valence-electron chi connectivity index (χ0n) is 9.26. The SMILES string of the molecule is CC(CCO)Sc1ccc2ccccc2n1. The molecule has 0 radical (unpaired) electrons. The van der Waals surface area contributed by atoms with Gasteiger partial charge in [0.05, 0.1) is 10.5 Å². The topological polar surface area (TPSA) is 33.1 Å². The molecule has 1 aromatic heterocycles. The molecule has 0 fully saturated rings. The number of nitrogens with zero attached hydrogens (tertiary/aromatic N) is 1. The molecule has 1 N–H and O–H groups in total. The lowest BCUT2D eigenvalue weighted by Gasteiger charge is -2.08. The van der Waals surface area contributed by atoms with Crippen molar-refractivity contribution in [2.45, 2.75) is 23.6 Å². The number of rotatable bonds is 4. The summed E-state index contributed by atoms with van der Waals surface area (Å²) in [5.74, 6) is 0. The van der Waals surface area contributed by atoms with Crippen LogP contribution in [0.2, 0.25) is 0 Å². The van der Waals surface area contributed by atoms with Crippen molar-refractivity contribution in [3.05, 3.63) is 36.4 Å². The summed E-state index contributed by atoms with van der Waals surface area (Å²) in [6.45, 7) is 2.35. The van der Waals surface area contributed by atoms with E-state index in [1.54, 1.807) is 11.8 Å². The predicted molar refractivity (Wildman–Crippen MR) is 68.8 cm³/mol. The minimum Gasteiger partial charge on any atom is -0.396 e. The molecule has 16 heavy (non-hydrogen) atoms. The summed E-state index contributed by atoms with van der Waals surface area (Å²) in [6.07, 6.45) is 0.805. The van der Waals surface area contributed by atoms with Gasteiger partial charge in [-0.15, -0.1) is 11.8 Å². The van der Waals surface area contributed by atoms with Gasteiger partial charge in [0.15, 0.2) is 0 Å². The molecule has 0 saturated heterocycles. The van der Waals surface area contributed by atoms with E-state index in [1.165, 1.54) is 5.39 Å². The highest BCUT2D eigenvalue weighted by atomic mass is 32.2. The first-order chi connectivity index (χ1) is 7.79. The Morgan fingerprint density at radius 2 is 2.06 bits per heavy atom. The van der Waals surface area contributed by atoms with E-state index in [0.29, 0.717) is 5.25 Å². The fourth-order valence-electron chi connectivity index (χ4n) is 1.56. The van der Waals surface area contributed by atoms with E-state index in [4.69, 9.17) is 5.11 Å². The number of benzene rings is 1. The Hall–Kier alpha value is -1.06. The summed E-state index contributed by atoms with van der Waals surface area (Å²) < 4.78 is 0. The van der Waals surface area contributed by atoms with Crippen LogP contribution in [0.1, 0.15) is 13.3 Å². The van der Waals surface area contributed by atoms with Crippen molar-refractivity contribution in [3.63, 3.8) is 0 Å². The van der Waals surface area contributed by atoms with Crippen LogP contribution in [0.15, 0.2) is 41.4 Å². The highest BCUT2D eigenvalue weighted by Gasteiger charge is 2.05. The number of hydrogen-bond acceptors (Lipinski definition) is 3. The fourth-order valence-corrected chi connectivity index (χ4v) is 2.49. The lowest BCUT2D eigenvalue weighted by atomic mass is 10.2. The van der Waals surface area contributed by atoms with E-state index in [1.807, 2.05) is 24.3 Å². The molecule has 2 rings (SSSR count). The molecule has 1 unspecified atom stereocenters. The second-order valence-corrected chi connectivity index (χ2v) is 5.24. The molecule has 0 aliphatic heterocycles. The van der Waals surface area contributed by atoms with Crippen LogP contribution in [0.25, 0.3) is 10.9 Å². The number of aliphatic hydroxyl groups is 1. The predicted octanol–water partition coefficient (Wildman–Crippen LogP) is 3.10. The number of thioether (sulfide) groups is 1. The van der Waals surface area contributed by atoms with Crippen molar-refractivity contribution in [1.29, 1.82) is 0 Å². The van der Waals surface area contributed by atoms with E-state index in [9.17, 15) is 0 Å². The number of hydrogen-bond donors (Lipinski definition) is 1. The van der Waals surface area contributed by atoms with Gasteiger partial charge in [-0.05, 0) is 18.6 Å². The van der Waals surface area contributed by atoms with Crippen LogP contribution in [0, 0.1) is 0 Å². The first-order valence-corrected chi connectivity index (χ1v) is 6.31. The highest BCUT2D eigenvalue weighted by Crippen LogP contribution is 2.25. The minimum absolute atomic E-state index is 0.238. The molecule has 1 aromatic carbocycles. The largest absolute Gasteiger partial charge is 0.396 e. The van der Waals surface area contributed by atoms with Gasteiger partial charge in [-0.25, -0.2) is 4.98 Å². The monoisotopic (exact) mass is 233 g/mol. The molecule has 1 heterocycles. The van der Waals surface area contributed by atoms with E-state index in [-0.39, 0.29) is 6.61 Å². The molecule has 0 aliphatic rings. The van der Waals surface area contributed by atoms with Crippen LogP contribution in [-0.4, -0.2) is 21.9 Å². The Kier molecular flexibility index (Phi) is 3.80. The smallest absolute Gasteiger partial charge is 0.0970 e. The molecule has 0 aliphatic carbocycles. The van der Waals surface area contributed by atoms with E-state index < -0.39 is 0 Å². The number of fused-ring (bicyclic) bond motifs is 1. The number of para-hydroxylation sites is 1. The Morgan fingerprint density at radius 3 is 2.88 bits per heavy atom. The van der Waals surface area contributed by atoms with Crippen molar-refractivity contribution >= 4 is 22.7 Å². The van der Waals surface area contributed by atoms with Crippen molar-refractivity contribution in [2.24, 2.45) is 0 Å². The molecule has 0 amide bonds. The normalized spacial score (nSPS) is 12.9. The maximum absolute atomic E-state index is 8.85. The average molecular weight is 233 g/mol. The first-order valence-electron chi connectivity index (χ1n) is 5.43. The van der Waals surface area contributed by atoms with E-state index in [2.05, 4.69) is 24.0 Å². The third-order valence-corrected chi connectivity index (χ3v) is 3.54. The molecule has 2 nitrogen and oxygen atoms in total. The lowest BCUT2D eigenvalue weighted by Crippen LogP contribution is -1.99. The Balaban J connectivity index is 2.19. The summed E-state index contributed by atoms with van der Waals surface area (Å²) >= 11 is 1.71. The molecular weight excluding hydrogens is 218 g/mol. The number of aromatic nitrogens is 1. The Bertz CT molecular complexity index is 472. The third-order valence-electron chi connectivity index (χ3n) is 2.43. The maximum atomic E-state index is 8.85. The summed E-state index contributed by atoms with van der Waals surface area (Å²) in [6, 6.07) is 12.2. The average Bonchev–Trinajstić information content (AvgIpc) is 2.29. The van der Waals surface area contributed by atoms with Gasteiger partial charge >= 0.3 is 0 Å². The van der Waals surface area contributed by atoms with Crippen molar-refractivity contribution < 1.29 is 5.11 Å². The molecule has 2 aromatic rings. The van der Waals surface area contributed by atoms with E-state index in [0.717, 1.165) is 17.0 Å². The van der Waals surface area contributed by atoms with Crippen molar-refractivity contribution in [1.82, 2.24) is 4.98 Å². The quantitative estimate of drug-likeness (QED) is 0.824. The lowest BCUT2D eigenvalue weighted by molar-refractivity contribution is 0.289. The molecule has 84 valence electrons. The van der Waals surface area contributed by atoms with Crippen LogP contribution in [-0.2, 0) is 0 Å². The molecule has 0 spiro atoms. The highest BCUT2D eigenvalue weighted by molar-refractivity contribution is 7.99. The second-order valence-electron chi connectivity index (χ2n) is 3.78. The van der Waals surface area contributed by atoms with Gasteiger partial charge in [-0.3, -0.25) is 0 Å². The summed E-state index contributed by atoms with van der Waals surface area (Å²) in [4.78, 5) is 4.58. The van der Waals surface area contributed by atoms with Gasteiger partial charge in [0.25, 0.3) is 0 Å².